The third-order valence-electron chi connectivity index (χ3n) is 4.97. The number of nitrogens with zero attached hydrogens (tertiary/aromatic N) is 1. The van der Waals surface area contributed by atoms with Gasteiger partial charge in [-0.15, -0.1) is 6.58 Å². The van der Waals surface area contributed by atoms with E-state index in [1.165, 1.54) is 0 Å². The van der Waals surface area contributed by atoms with Gasteiger partial charge in [0.25, 0.3) is 0 Å². The molecular weight excluding hydrogens is 329 g/mol. The molecule has 0 bridgehead atoms. The predicted octanol–water partition coefficient (Wildman–Crippen LogP) is 3.01. The Morgan fingerprint density at radius 2 is 1.60 bits per heavy atom. The Hall–Kier alpha value is -1.67. The lowest BCUT2D eigenvalue weighted by Gasteiger charge is -2.39. The van der Waals surface area contributed by atoms with E-state index in [0.717, 1.165) is 23.5 Å². The molecule has 4 heteroatoms. The summed E-state index contributed by atoms with van der Waals surface area (Å²) in [6, 6.07) is 19.8. The van der Waals surface area contributed by atoms with E-state index in [0.29, 0.717) is 19.3 Å². The molecule has 0 aromatic heterocycles. The van der Waals surface area contributed by atoms with Crippen LogP contribution in [0.4, 0.5) is 0 Å². The highest BCUT2D eigenvalue weighted by atomic mass is 31.2. The second-order valence-corrected chi connectivity index (χ2v) is 9.60. The molecule has 2 atom stereocenters. The zero-order valence-electron chi connectivity index (χ0n) is 14.5. The van der Waals surface area contributed by atoms with E-state index in [9.17, 15) is 9.67 Å². The first-order chi connectivity index (χ1) is 12.1. The Balaban J connectivity index is 1.95. The molecule has 1 saturated heterocycles. The first-order valence-corrected chi connectivity index (χ1v) is 10.8. The minimum Gasteiger partial charge on any atom is -0.392 e. The number of rotatable bonds is 6. The molecule has 132 valence electrons. The lowest BCUT2D eigenvalue weighted by molar-refractivity contribution is 0.0491. The normalized spacial score (nSPS) is 21.8. The van der Waals surface area contributed by atoms with Gasteiger partial charge in [-0.1, -0.05) is 66.7 Å². The highest BCUT2D eigenvalue weighted by Gasteiger charge is 2.35. The summed E-state index contributed by atoms with van der Waals surface area (Å²) in [6.45, 7) is 5.17. The topological polar surface area (TPSA) is 40.5 Å². The third kappa shape index (κ3) is 4.12. The molecule has 0 spiro atoms. The van der Waals surface area contributed by atoms with Crippen molar-refractivity contribution in [3.05, 3.63) is 73.3 Å². The second kappa shape index (κ2) is 8.14. The summed E-state index contributed by atoms with van der Waals surface area (Å²) in [5.41, 5.74) is 0. The Morgan fingerprint density at radius 1 is 1.04 bits per heavy atom. The minimum atomic E-state index is -2.73. The fourth-order valence-electron chi connectivity index (χ4n) is 3.67. The van der Waals surface area contributed by atoms with E-state index < -0.39 is 7.14 Å². The molecule has 2 aromatic rings. The number of piperidine rings is 1. The maximum atomic E-state index is 14.2. The molecular formula is C21H26NO2P. The average molecular weight is 355 g/mol. The van der Waals surface area contributed by atoms with Crippen LogP contribution in [0.15, 0.2) is 73.3 Å². The van der Waals surface area contributed by atoms with Crippen LogP contribution in [0.25, 0.3) is 0 Å². The molecule has 2 aromatic carbocycles. The van der Waals surface area contributed by atoms with Gasteiger partial charge >= 0.3 is 0 Å². The molecule has 0 unspecified atom stereocenters. The molecule has 1 N–H and O–H groups in total. The highest BCUT2D eigenvalue weighted by molar-refractivity contribution is 7.78. The molecule has 3 rings (SSSR count). The van der Waals surface area contributed by atoms with Crippen molar-refractivity contribution in [2.75, 3.05) is 19.3 Å². The summed E-state index contributed by atoms with van der Waals surface area (Å²) in [5.74, 6) is 0. The number of aliphatic hydroxyl groups is 1. The maximum Gasteiger partial charge on any atom is 0.144 e. The maximum absolute atomic E-state index is 14.2. The zero-order valence-corrected chi connectivity index (χ0v) is 15.4. The van der Waals surface area contributed by atoms with Crippen molar-refractivity contribution in [1.82, 2.24) is 4.90 Å². The van der Waals surface area contributed by atoms with E-state index >= 15 is 0 Å². The molecule has 1 heterocycles. The van der Waals surface area contributed by atoms with Crippen LogP contribution in [0.2, 0.25) is 0 Å². The summed E-state index contributed by atoms with van der Waals surface area (Å²) < 4.78 is 14.2. The number of benzene rings is 2. The molecule has 25 heavy (non-hydrogen) atoms. The van der Waals surface area contributed by atoms with Gasteiger partial charge in [0, 0.05) is 35.9 Å². The van der Waals surface area contributed by atoms with Gasteiger partial charge in [-0.05, 0) is 12.8 Å². The third-order valence-corrected chi connectivity index (χ3v) is 8.17. The van der Waals surface area contributed by atoms with Gasteiger partial charge in [0.05, 0.1) is 6.10 Å². The lowest BCUT2D eigenvalue weighted by atomic mass is 10.0. The van der Waals surface area contributed by atoms with Crippen LogP contribution in [0.3, 0.4) is 0 Å². The second-order valence-electron chi connectivity index (χ2n) is 6.72. The SMILES string of the molecule is C=CCN1C[C@H](O)CC[C@@H]1CP(=O)(c1ccccc1)c1ccccc1. The quantitative estimate of drug-likeness (QED) is 0.640. The van der Waals surface area contributed by atoms with Gasteiger partial charge in [-0.3, -0.25) is 4.90 Å². The molecule has 0 saturated carbocycles. The van der Waals surface area contributed by atoms with Crippen molar-refractivity contribution in [1.29, 1.82) is 0 Å². The van der Waals surface area contributed by atoms with Gasteiger partial charge in [0.15, 0.2) is 0 Å². The predicted molar refractivity (Wildman–Crippen MR) is 105 cm³/mol. The van der Waals surface area contributed by atoms with E-state index in [4.69, 9.17) is 0 Å². The van der Waals surface area contributed by atoms with Gasteiger partial charge in [0.1, 0.15) is 7.14 Å². The lowest BCUT2D eigenvalue weighted by Crippen LogP contribution is -2.48. The fourth-order valence-corrected chi connectivity index (χ4v) is 6.70. The van der Waals surface area contributed by atoms with Crippen LogP contribution in [-0.2, 0) is 4.57 Å². The Bertz CT molecular complexity index is 689. The van der Waals surface area contributed by atoms with Crippen LogP contribution >= 0.6 is 7.14 Å². The Morgan fingerprint density at radius 3 is 2.12 bits per heavy atom. The largest absolute Gasteiger partial charge is 0.392 e. The van der Waals surface area contributed by atoms with E-state index in [1.54, 1.807) is 0 Å². The van der Waals surface area contributed by atoms with Crippen molar-refractivity contribution in [2.45, 2.75) is 25.0 Å². The van der Waals surface area contributed by atoms with Crippen molar-refractivity contribution in [3.63, 3.8) is 0 Å². The van der Waals surface area contributed by atoms with E-state index in [-0.39, 0.29) is 12.1 Å². The van der Waals surface area contributed by atoms with Crippen LogP contribution in [0, 0.1) is 0 Å². The Labute approximate surface area is 150 Å². The number of aliphatic hydroxyl groups excluding tert-OH is 1. The number of hydrogen-bond donors (Lipinski definition) is 1. The van der Waals surface area contributed by atoms with Crippen LogP contribution in [0.1, 0.15) is 12.8 Å². The van der Waals surface area contributed by atoms with E-state index in [2.05, 4.69) is 11.5 Å². The molecule has 1 fully saturated rings. The Kier molecular flexibility index (Phi) is 5.90. The van der Waals surface area contributed by atoms with Gasteiger partial charge in [-0.2, -0.15) is 0 Å². The molecule has 3 nitrogen and oxygen atoms in total. The summed E-state index contributed by atoms with van der Waals surface area (Å²) >= 11 is 0. The summed E-state index contributed by atoms with van der Waals surface area (Å²) in [4.78, 5) is 2.22. The summed E-state index contributed by atoms with van der Waals surface area (Å²) in [6.07, 6.45) is 3.78. The smallest absolute Gasteiger partial charge is 0.144 e. The standard InChI is InChI=1S/C21H26NO2P/c1-2-15-22-16-19(23)14-13-18(22)17-25(24,20-9-5-3-6-10-20)21-11-7-4-8-12-21/h2-12,18-19,23H,1,13-17H2/t18-,19-/m1/s1. The molecule has 0 aliphatic carbocycles. The van der Waals surface area contributed by atoms with Crippen molar-refractivity contribution < 1.29 is 9.67 Å². The summed E-state index contributed by atoms with van der Waals surface area (Å²) in [5, 5.41) is 11.8. The zero-order chi connectivity index (χ0) is 17.7. The average Bonchev–Trinajstić information content (AvgIpc) is 2.65. The summed E-state index contributed by atoms with van der Waals surface area (Å²) in [7, 11) is -2.73. The number of β-amino-alcohol motifs (C(OH)–C–C–N with tert-alkyl or cyclic N) is 1. The number of hydrogen-bond acceptors (Lipinski definition) is 3. The van der Waals surface area contributed by atoms with Crippen molar-refractivity contribution >= 4 is 17.8 Å². The molecule has 1 aliphatic heterocycles. The van der Waals surface area contributed by atoms with Gasteiger partial charge < -0.3 is 9.67 Å². The van der Waals surface area contributed by atoms with Crippen LogP contribution in [0.5, 0.6) is 0 Å². The minimum absolute atomic E-state index is 0.188. The first kappa shape index (κ1) is 18.1. The monoisotopic (exact) mass is 355 g/mol. The molecule has 1 aliphatic rings. The van der Waals surface area contributed by atoms with E-state index in [1.807, 2.05) is 66.7 Å². The van der Waals surface area contributed by atoms with Crippen molar-refractivity contribution in [2.24, 2.45) is 0 Å². The first-order valence-electron chi connectivity index (χ1n) is 8.87. The fraction of sp³-hybridized carbons (Fsp3) is 0.333. The van der Waals surface area contributed by atoms with Crippen LogP contribution in [-0.4, -0.2) is 41.4 Å². The van der Waals surface area contributed by atoms with Gasteiger partial charge in [0.2, 0.25) is 0 Å². The van der Waals surface area contributed by atoms with Gasteiger partial charge in [-0.25, -0.2) is 0 Å². The molecule has 0 radical (unpaired) electrons. The highest BCUT2D eigenvalue weighted by Crippen LogP contribution is 2.45. The number of likely N-dealkylation sites (tertiary alicyclic amines) is 1. The van der Waals surface area contributed by atoms with Crippen molar-refractivity contribution in [3.8, 4) is 0 Å². The van der Waals surface area contributed by atoms with Crippen LogP contribution < -0.4 is 10.6 Å². The molecule has 0 amide bonds.